The van der Waals surface area contributed by atoms with Crippen molar-refractivity contribution in [1.29, 1.82) is 0 Å². The van der Waals surface area contributed by atoms with Gasteiger partial charge in [0.15, 0.2) is 0 Å². The van der Waals surface area contributed by atoms with Crippen LogP contribution >= 0.6 is 34.8 Å². The van der Waals surface area contributed by atoms with Crippen molar-refractivity contribution in [2.45, 2.75) is 38.5 Å². The number of pyridine rings is 3. The number of fused-ring (bicyclic) bond motifs is 3. The predicted octanol–water partition coefficient (Wildman–Crippen LogP) is 11.9. The molecular weight excluding hydrogens is 1110 g/mol. The minimum absolute atomic E-state index is 0.618. The molecule has 0 saturated carbocycles. The first-order valence-electron chi connectivity index (χ1n) is 29.3. The van der Waals surface area contributed by atoms with E-state index in [1.54, 1.807) is 25.7 Å². The Morgan fingerprint density at radius 1 is 0.361 bits per heavy atom. The van der Waals surface area contributed by atoms with Crippen LogP contribution in [0.4, 0.5) is 17.1 Å². The van der Waals surface area contributed by atoms with Gasteiger partial charge >= 0.3 is 0 Å². The van der Waals surface area contributed by atoms with Crippen molar-refractivity contribution in [3.63, 3.8) is 0 Å². The molecule has 6 aromatic heterocycles. The molecular formula is C64H77Cl3N12O4. The van der Waals surface area contributed by atoms with Crippen molar-refractivity contribution in [2.75, 3.05) is 140 Å². The predicted molar refractivity (Wildman–Crippen MR) is 337 cm³/mol. The zero-order valence-corrected chi connectivity index (χ0v) is 49.9. The molecule has 438 valence electrons. The quantitative estimate of drug-likeness (QED) is 0.0602. The summed E-state index contributed by atoms with van der Waals surface area (Å²) in [5, 5.41) is 15.0. The molecule has 0 spiro atoms. The lowest BCUT2D eigenvalue weighted by Crippen LogP contribution is -2.46. The molecule has 83 heavy (non-hydrogen) atoms. The first-order valence-corrected chi connectivity index (χ1v) is 30.4. The van der Waals surface area contributed by atoms with Gasteiger partial charge in [-0.1, -0.05) is 83.3 Å². The molecule has 0 bridgehead atoms. The second kappa shape index (κ2) is 30.6. The average molecular weight is 1180 g/mol. The van der Waals surface area contributed by atoms with Gasteiger partial charge in [-0.05, 0) is 131 Å². The maximum Gasteiger partial charge on any atom is 0.214 e. The Bertz CT molecular complexity index is 3390. The van der Waals surface area contributed by atoms with Crippen molar-refractivity contribution < 1.29 is 18.9 Å². The number of ether oxygens (including phenoxy) is 4. The number of rotatable bonds is 22. The second-order valence-electron chi connectivity index (χ2n) is 20.9. The van der Waals surface area contributed by atoms with E-state index in [1.165, 1.54) is 5.69 Å². The molecule has 0 amide bonds. The van der Waals surface area contributed by atoms with Crippen LogP contribution in [0.5, 0.6) is 23.4 Å². The summed E-state index contributed by atoms with van der Waals surface area (Å²) in [5.74, 6) is 3.38. The number of unbranched alkanes of at least 4 members (excludes halogenated alkanes) is 3. The van der Waals surface area contributed by atoms with Gasteiger partial charge in [-0.25, -0.2) is 13.5 Å². The minimum atomic E-state index is 0.618. The lowest BCUT2D eigenvalue weighted by atomic mass is 10.2. The topological polar surface area (TPSA) is 108 Å². The Hall–Kier alpha value is -6.92. The van der Waals surface area contributed by atoms with E-state index >= 15 is 0 Å². The first kappa shape index (κ1) is 59.2. The zero-order valence-electron chi connectivity index (χ0n) is 47.6. The molecule has 9 heterocycles. The molecule has 9 aromatic rings. The standard InChI is InChI=1S/C22H28N4O2.C21H24Cl2N4O.C21H25ClN4O/c1-27-21-9-3-2-8-20(21)25-16-14-24(15-17-25)13-4-5-18-28-22-10-6-7-19-11-12-23-26(19)22;22-18-6-4-7-19(21(18)23)26-14-12-25(13-15-26)11-1-2-16-28-20-8-3-5-17-9-10-24-27(17)20;22-19-7-1-2-8-20(19)25-15-13-24(14-16-25)12-3-4-17-27-21-9-5-6-18-10-11-23-26(18)21/h2-3,6-12H,4-5,13-18H2,1H3;3-10H,1-2,11-16H2;1-2,5-11H,3-4,12-17H2. The number of para-hydroxylation sites is 3. The Kier molecular flexibility index (Phi) is 21.8. The van der Waals surface area contributed by atoms with Crippen LogP contribution < -0.4 is 33.6 Å². The van der Waals surface area contributed by atoms with E-state index < -0.39 is 0 Å². The van der Waals surface area contributed by atoms with Crippen molar-refractivity contribution in [3.8, 4) is 23.4 Å². The van der Waals surface area contributed by atoms with Gasteiger partial charge in [0.25, 0.3) is 0 Å². The molecule has 19 heteroatoms. The SMILES string of the molecule is COc1ccccc1N1CCN(CCCCOc2cccc3ccnn23)CC1.Clc1cccc(N2CCN(CCCCOc3cccc4ccnn34)CC2)c1Cl.Clc1ccccc1N1CCN(CCCCOc2cccc3ccnn23)CC1. The van der Waals surface area contributed by atoms with Gasteiger partial charge in [-0.3, -0.25) is 14.7 Å². The summed E-state index contributed by atoms with van der Waals surface area (Å²) < 4.78 is 28.8. The Balaban J connectivity index is 0.000000139. The number of halogens is 3. The summed E-state index contributed by atoms with van der Waals surface area (Å²) in [6.45, 7) is 18.0. The molecule has 0 radical (unpaired) electrons. The highest BCUT2D eigenvalue weighted by Gasteiger charge is 2.22. The molecule has 3 saturated heterocycles. The van der Waals surface area contributed by atoms with E-state index in [1.807, 2.05) is 129 Å². The fraction of sp³-hybridized carbons (Fsp3) is 0.391. The number of benzene rings is 3. The van der Waals surface area contributed by atoms with Gasteiger partial charge < -0.3 is 33.6 Å². The summed E-state index contributed by atoms with van der Waals surface area (Å²) in [6.07, 6.45) is 11.9. The molecule has 3 aliphatic heterocycles. The monoisotopic (exact) mass is 1180 g/mol. The Morgan fingerprint density at radius 3 is 1.16 bits per heavy atom. The number of piperazine rings is 3. The molecule has 3 aromatic carbocycles. The summed E-state index contributed by atoms with van der Waals surface area (Å²) in [4.78, 5) is 14.7. The van der Waals surface area contributed by atoms with E-state index in [0.29, 0.717) is 16.7 Å². The number of aromatic nitrogens is 6. The molecule has 0 unspecified atom stereocenters. The summed E-state index contributed by atoms with van der Waals surface area (Å²) >= 11 is 18.8. The van der Waals surface area contributed by atoms with Gasteiger partial charge in [0, 0.05) is 96.7 Å². The number of nitrogens with zero attached hydrogens (tertiary/aromatic N) is 12. The van der Waals surface area contributed by atoms with Crippen molar-refractivity contribution in [2.24, 2.45) is 0 Å². The van der Waals surface area contributed by atoms with Crippen molar-refractivity contribution >= 4 is 68.4 Å². The van der Waals surface area contributed by atoms with Gasteiger partial charge in [-0.2, -0.15) is 15.3 Å². The van der Waals surface area contributed by atoms with Crippen molar-refractivity contribution in [1.82, 2.24) is 43.5 Å². The third kappa shape index (κ3) is 16.3. The summed E-state index contributed by atoms with van der Waals surface area (Å²) in [5.41, 5.74) is 6.56. The Labute approximate surface area is 503 Å². The lowest BCUT2D eigenvalue weighted by molar-refractivity contribution is 0.234. The third-order valence-corrected chi connectivity index (χ3v) is 16.7. The molecule has 0 N–H and O–H groups in total. The van der Waals surface area contributed by atoms with E-state index in [-0.39, 0.29) is 0 Å². The largest absolute Gasteiger partial charge is 0.495 e. The summed E-state index contributed by atoms with van der Waals surface area (Å²) in [6, 6.07) is 46.1. The second-order valence-corrected chi connectivity index (χ2v) is 22.1. The zero-order chi connectivity index (χ0) is 57.0. The van der Waals surface area contributed by atoms with E-state index in [9.17, 15) is 0 Å². The molecule has 16 nitrogen and oxygen atoms in total. The number of hydrogen-bond donors (Lipinski definition) is 0. The van der Waals surface area contributed by atoms with Gasteiger partial charge in [-0.15, -0.1) is 0 Å². The molecule has 3 aliphatic rings. The third-order valence-electron chi connectivity index (χ3n) is 15.5. The van der Waals surface area contributed by atoms with Crippen LogP contribution in [0.15, 0.2) is 158 Å². The Morgan fingerprint density at radius 2 is 0.723 bits per heavy atom. The first-order chi connectivity index (χ1) is 40.9. The van der Waals surface area contributed by atoms with Crippen LogP contribution in [-0.2, 0) is 0 Å². The van der Waals surface area contributed by atoms with E-state index in [0.717, 1.165) is 206 Å². The van der Waals surface area contributed by atoms with Crippen LogP contribution in [0.1, 0.15) is 38.5 Å². The van der Waals surface area contributed by atoms with Gasteiger partial charge in [0.2, 0.25) is 17.6 Å². The highest BCUT2D eigenvalue weighted by atomic mass is 35.5. The maximum atomic E-state index is 6.35. The molecule has 12 rings (SSSR count). The summed E-state index contributed by atoms with van der Waals surface area (Å²) in [7, 11) is 1.74. The number of methoxy groups -OCH3 is 1. The average Bonchev–Trinajstić information content (AvgIpc) is 4.40. The van der Waals surface area contributed by atoms with Crippen LogP contribution in [0.3, 0.4) is 0 Å². The normalized spacial score (nSPS) is 15.3. The van der Waals surface area contributed by atoms with Crippen molar-refractivity contribution in [3.05, 3.63) is 173 Å². The lowest BCUT2D eigenvalue weighted by Gasteiger charge is -2.36. The van der Waals surface area contributed by atoms with Gasteiger partial charge in [0.1, 0.15) is 5.75 Å². The number of hydrogen-bond acceptors (Lipinski definition) is 13. The smallest absolute Gasteiger partial charge is 0.214 e. The fourth-order valence-corrected chi connectivity index (χ4v) is 11.6. The highest BCUT2D eigenvalue weighted by molar-refractivity contribution is 6.43. The van der Waals surface area contributed by atoms with Crippen LogP contribution in [0.2, 0.25) is 15.1 Å². The van der Waals surface area contributed by atoms with E-state index in [4.69, 9.17) is 53.8 Å². The van der Waals surface area contributed by atoms with Crippen LogP contribution in [-0.4, -0.2) is 169 Å². The van der Waals surface area contributed by atoms with Crippen LogP contribution in [0, 0.1) is 0 Å². The number of anilines is 3. The highest BCUT2D eigenvalue weighted by Crippen LogP contribution is 2.33. The van der Waals surface area contributed by atoms with Crippen LogP contribution in [0.25, 0.3) is 16.6 Å². The molecule has 0 aliphatic carbocycles. The fourth-order valence-electron chi connectivity index (χ4n) is 10.9. The van der Waals surface area contributed by atoms with Gasteiger partial charge in [0.05, 0.1) is 94.2 Å². The van der Waals surface area contributed by atoms with E-state index in [2.05, 4.69) is 69.0 Å². The molecule has 0 atom stereocenters. The molecule has 3 fully saturated rings. The maximum absolute atomic E-state index is 6.35. The minimum Gasteiger partial charge on any atom is -0.495 e.